The van der Waals surface area contributed by atoms with Gasteiger partial charge >= 0.3 is 5.97 Å². The van der Waals surface area contributed by atoms with Crippen molar-refractivity contribution < 1.29 is 22.7 Å². The second kappa shape index (κ2) is 8.94. The summed E-state index contributed by atoms with van der Waals surface area (Å²) in [6.07, 6.45) is 2.30. The number of halogens is 1. The largest absolute Gasteiger partial charge is 0.469 e. The lowest BCUT2D eigenvalue weighted by Gasteiger charge is -2.24. The van der Waals surface area contributed by atoms with E-state index in [0.29, 0.717) is 12.2 Å². The van der Waals surface area contributed by atoms with E-state index in [2.05, 4.69) is 25.4 Å². The van der Waals surface area contributed by atoms with Crippen molar-refractivity contribution in [2.45, 2.75) is 37.8 Å². The lowest BCUT2D eigenvalue weighted by molar-refractivity contribution is -0.141. The van der Waals surface area contributed by atoms with Crippen LogP contribution in [-0.2, 0) is 24.3 Å². The number of rotatable bonds is 7. The predicted octanol–water partition coefficient (Wildman–Crippen LogP) is 2.54. The van der Waals surface area contributed by atoms with Crippen LogP contribution in [0, 0.1) is 0 Å². The van der Waals surface area contributed by atoms with Crippen LogP contribution >= 0.6 is 15.9 Å². The quantitative estimate of drug-likeness (QED) is 0.686. The van der Waals surface area contributed by atoms with E-state index >= 15 is 0 Å². The van der Waals surface area contributed by atoms with Crippen LogP contribution in [0.4, 0.5) is 0 Å². The number of hydrogen-bond acceptors (Lipinski definition) is 5. The van der Waals surface area contributed by atoms with E-state index in [-0.39, 0.29) is 18.3 Å². The van der Waals surface area contributed by atoms with Gasteiger partial charge < -0.3 is 9.47 Å². The van der Waals surface area contributed by atoms with Gasteiger partial charge in [-0.1, -0.05) is 28.1 Å². The second-order valence-electron chi connectivity index (χ2n) is 5.78. The van der Waals surface area contributed by atoms with Gasteiger partial charge in [0.15, 0.2) is 0 Å². The van der Waals surface area contributed by atoms with Crippen LogP contribution < -0.4 is 4.72 Å². The summed E-state index contributed by atoms with van der Waals surface area (Å²) in [6.45, 7) is 0.595. The fourth-order valence-corrected chi connectivity index (χ4v) is 4.57. The average molecular weight is 420 g/mol. The highest BCUT2D eigenvalue weighted by molar-refractivity contribution is 9.10. The van der Waals surface area contributed by atoms with Gasteiger partial charge in [0.05, 0.1) is 31.4 Å². The Kier molecular flexibility index (Phi) is 7.21. The van der Waals surface area contributed by atoms with E-state index in [4.69, 9.17) is 4.74 Å². The fraction of sp³-hybridized carbons (Fsp3) is 0.562. The lowest BCUT2D eigenvalue weighted by Crippen LogP contribution is -2.37. The van der Waals surface area contributed by atoms with Gasteiger partial charge in [-0.3, -0.25) is 4.79 Å². The SMILES string of the molecule is COC(=O)CC(NS(=O)(=O)CC1CCCCO1)c1cccc(Br)c1. The van der Waals surface area contributed by atoms with Gasteiger partial charge in [0.2, 0.25) is 10.0 Å². The van der Waals surface area contributed by atoms with Gasteiger partial charge in [0.1, 0.15) is 0 Å². The zero-order chi connectivity index (χ0) is 17.6. The summed E-state index contributed by atoms with van der Waals surface area (Å²) in [6, 6.07) is 6.51. The first kappa shape index (κ1) is 19.4. The Morgan fingerprint density at radius 3 is 2.88 bits per heavy atom. The highest BCUT2D eigenvalue weighted by atomic mass is 79.9. The van der Waals surface area contributed by atoms with Crippen molar-refractivity contribution in [2.24, 2.45) is 0 Å². The summed E-state index contributed by atoms with van der Waals surface area (Å²) in [5, 5.41) is 0. The molecule has 1 aromatic rings. The first-order chi connectivity index (χ1) is 11.4. The molecule has 2 atom stereocenters. The molecule has 1 aromatic carbocycles. The summed E-state index contributed by atoms with van der Waals surface area (Å²) in [5.41, 5.74) is 0.697. The van der Waals surface area contributed by atoms with E-state index in [0.717, 1.165) is 23.7 Å². The van der Waals surface area contributed by atoms with E-state index in [1.165, 1.54) is 7.11 Å². The number of hydrogen-bond donors (Lipinski definition) is 1. The number of benzene rings is 1. The maximum Gasteiger partial charge on any atom is 0.307 e. The molecule has 6 nitrogen and oxygen atoms in total. The molecule has 1 aliphatic rings. The highest BCUT2D eigenvalue weighted by Crippen LogP contribution is 2.23. The number of sulfonamides is 1. The van der Waals surface area contributed by atoms with Crippen LogP contribution in [0.25, 0.3) is 0 Å². The second-order valence-corrected chi connectivity index (χ2v) is 8.49. The average Bonchev–Trinajstić information content (AvgIpc) is 2.54. The van der Waals surface area contributed by atoms with Crippen LogP contribution in [0.15, 0.2) is 28.7 Å². The van der Waals surface area contributed by atoms with Crippen LogP contribution in [0.3, 0.4) is 0 Å². The minimum absolute atomic E-state index is 0.0717. The molecule has 1 heterocycles. The van der Waals surface area contributed by atoms with Crippen molar-refractivity contribution in [1.82, 2.24) is 4.72 Å². The number of nitrogens with one attached hydrogen (secondary N) is 1. The maximum atomic E-state index is 12.5. The Balaban J connectivity index is 2.12. The van der Waals surface area contributed by atoms with E-state index < -0.39 is 22.0 Å². The van der Waals surface area contributed by atoms with Gasteiger partial charge in [-0.2, -0.15) is 0 Å². The summed E-state index contributed by atoms with van der Waals surface area (Å²) >= 11 is 3.36. The number of ether oxygens (including phenoxy) is 2. The summed E-state index contributed by atoms with van der Waals surface area (Å²) in [4.78, 5) is 11.7. The van der Waals surface area contributed by atoms with Crippen LogP contribution in [0.2, 0.25) is 0 Å². The van der Waals surface area contributed by atoms with Crippen molar-refractivity contribution in [3.63, 3.8) is 0 Å². The molecule has 8 heteroatoms. The number of carbonyl (C=O) groups is 1. The molecule has 134 valence electrons. The molecule has 0 aromatic heterocycles. The van der Waals surface area contributed by atoms with Crippen molar-refractivity contribution >= 4 is 31.9 Å². The Hall–Kier alpha value is -0.960. The third kappa shape index (κ3) is 6.16. The van der Waals surface area contributed by atoms with Gasteiger partial charge in [-0.15, -0.1) is 0 Å². The normalized spacial score (nSPS) is 19.7. The first-order valence-corrected chi connectivity index (χ1v) is 10.3. The lowest BCUT2D eigenvalue weighted by atomic mass is 10.1. The Labute approximate surface area is 151 Å². The molecular weight excluding hydrogens is 398 g/mol. The summed E-state index contributed by atoms with van der Waals surface area (Å²) < 4.78 is 38.6. The minimum atomic E-state index is -3.59. The molecule has 1 aliphatic heterocycles. The number of esters is 1. The predicted molar refractivity (Wildman–Crippen MR) is 94.0 cm³/mol. The standard InChI is InChI=1S/C16H22BrNO5S/c1-22-16(19)10-15(12-5-4-6-13(17)9-12)18-24(20,21)11-14-7-2-3-8-23-14/h4-6,9,14-15,18H,2-3,7-8,10-11H2,1H3. The molecule has 1 fully saturated rings. The Morgan fingerprint density at radius 1 is 1.46 bits per heavy atom. The molecule has 0 amide bonds. The third-order valence-corrected chi connectivity index (χ3v) is 5.80. The van der Waals surface area contributed by atoms with E-state index in [1.54, 1.807) is 18.2 Å². The van der Waals surface area contributed by atoms with Crippen molar-refractivity contribution in [2.75, 3.05) is 19.5 Å². The molecule has 2 rings (SSSR count). The molecule has 0 spiro atoms. The van der Waals surface area contributed by atoms with Gasteiger partial charge in [-0.05, 0) is 37.0 Å². The maximum absolute atomic E-state index is 12.5. The van der Waals surface area contributed by atoms with Crippen molar-refractivity contribution in [3.8, 4) is 0 Å². The Morgan fingerprint density at radius 2 is 2.25 bits per heavy atom. The molecule has 1 N–H and O–H groups in total. The molecule has 1 saturated heterocycles. The smallest absolute Gasteiger partial charge is 0.307 e. The highest BCUT2D eigenvalue weighted by Gasteiger charge is 2.27. The molecular formula is C16H22BrNO5S. The molecule has 0 saturated carbocycles. The molecule has 0 radical (unpaired) electrons. The number of carbonyl (C=O) groups excluding carboxylic acids is 1. The Bertz CT molecular complexity index is 658. The van der Waals surface area contributed by atoms with E-state index in [9.17, 15) is 13.2 Å². The minimum Gasteiger partial charge on any atom is -0.469 e. The monoisotopic (exact) mass is 419 g/mol. The third-order valence-electron chi connectivity index (χ3n) is 3.85. The molecule has 2 unspecified atom stereocenters. The zero-order valence-electron chi connectivity index (χ0n) is 13.5. The number of methoxy groups -OCH3 is 1. The van der Waals surface area contributed by atoms with Crippen LogP contribution in [0.1, 0.15) is 37.3 Å². The zero-order valence-corrected chi connectivity index (χ0v) is 15.9. The van der Waals surface area contributed by atoms with Gasteiger partial charge in [0, 0.05) is 11.1 Å². The summed E-state index contributed by atoms with van der Waals surface area (Å²) in [5.74, 6) is -0.574. The molecule has 0 bridgehead atoms. The van der Waals surface area contributed by atoms with Crippen LogP contribution in [0.5, 0.6) is 0 Å². The van der Waals surface area contributed by atoms with E-state index in [1.807, 2.05) is 6.07 Å². The molecule has 0 aliphatic carbocycles. The van der Waals surface area contributed by atoms with Gasteiger partial charge in [-0.25, -0.2) is 13.1 Å². The van der Waals surface area contributed by atoms with Crippen molar-refractivity contribution in [3.05, 3.63) is 34.3 Å². The first-order valence-electron chi connectivity index (χ1n) is 7.83. The van der Waals surface area contributed by atoms with Gasteiger partial charge in [0.25, 0.3) is 0 Å². The molecule has 24 heavy (non-hydrogen) atoms. The topological polar surface area (TPSA) is 81.7 Å². The van der Waals surface area contributed by atoms with Crippen molar-refractivity contribution in [1.29, 1.82) is 0 Å². The van der Waals surface area contributed by atoms with Crippen LogP contribution in [-0.4, -0.2) is 40.0 Å². The fourth-order valence-electron chi connectivity index (χ4n) is 2.65. The summed E-state index contributed by atoms with van der Waals surface area (Å²) in [7, 11) is -2.31.